The molecule has 1 aliphatic rings. The van der Waals surface area contributed by atoms with E-state index in [4.69, 9.17) is 27.9 Å². The average Bonchev–Trinajstić information content (AvgIpc) is 2.45. The summed E-state index contributed by atoms with van der Waals surface area (Å²) in [5.41, 5.74) is 1.80. The van der Waals surface area contributed by atoms with E-state index in [2.05, 4.69) is 0 Å². The van der Waals surface area contributed by atoms with E-state index in [-0.39, 0.29) is 5.57 Å². The molecule has 0 atom stereocenters. The highest BCUT2D eigenvalue weighted by atomic mass is 35.5. The van der Waals surface area contributed by atoms with E-state index in [1.165, 1.54) is 0 Å². The van der Waals surface area contributed by atoms with E-state index < -0.39 is 11.9 Å². The summed E-state index contributed by atoms with van der Waals surface area (Å²) in [7, 11) is 0. The number of fused-ring (bicyclic) bond motifs is 1. The Bertz CT molecular complexity index is 794. The standard InChI is InChI=1S/C16H8Cl2O3/c17-10-6-5-9(14(18)8-10)7-13-11-3-1-2-4-12(11)15(19)21-16(13)20/h1-8H. The number of halogens is 2. The lowest BCUT2D eigenvalue weighted by molar-refractivity contribution is -0.131. The quantitative estimate of drug-likeness (QED) is 0.449. The van der Waals surface area contributed by atoms with Crippen molar-refractivity contribution < 1.29 is 14.3 Å². The van der Waals surface area contributed by atoms with Crippen LogP contribution >= 0.6 is 23.2 Å². The second-order valence-corrected chi connectivity index (χ2v) is 5.29. The maximum atomic E-state index is 12.0. The molecule has 3 nitrogen and oxygen atoms in total. The summed E-state index contributed by atoms with van der Waals surface area (Å²) in [5.74, 6) is -1.33. The zero-order valence-corrected chi connectivity index (χ0v) is 12.1. The predicted molar refractivity (Wildman–Crippen MR) is 81.2 cm³/mol. The minimum absolute atomic E-state index is 0.287. The SMILES string of the molecule is O=C1OC(=O)c2ccccc2C1=Cc1ccc(Cl)cc1Cl. The summed E-state index contributed by atoms with van der Waals surface area (Å²) < 4.78 is 4.75. The van der Waals surface area contributed by atoms with Crippen molar-refractivity contribution in [1.29, 1.82) is 0 Å². The van der Waals surface area contributed by atoms with Crippen LogP contribution in [0.4, 0.5) is 0 Å². The average molecular weight is 319 g/mol. The van der Waals surface area contributed by atoms with Gasteiger partial charge in [0.2, 0.25) is 0 Å². The van der Waals surface area contributed by atoms with E-state index in [9.17, 15) is 9.59 Å². The maximum absolute atomic E-state index is 12.0. The second-order valence-electron chi connectivity index (χ2n) is 4.45. The molecule has 104 valence electrons. The van der Waals surface area contributed by atoms with Gasteiger partial charge >= 0.3 is 11.9 Å². The normalized spacial score (nSPS) is 15.8. The monoisotopic (exact) mass is 318 g/mol. The highest BCUT2D eigenvalue weighted by Crippen LogP contribution is 2.31. The van der Waals surface area contributed by atoms with Crippen molar-refractivity contribution in [3.63, 3.8) is 0 Å². The predicted octanol–water partition coefficient (Wildman–Crippen LogP) is 4.23. The molecule has 2 aromatic carbocycles. The van der Waals surface area contributed by atoms with Gasteiger partial charge in [0.25, 0.3) is 0 Å². The molecule has 0 unspecified atom stereocenters. The lowest BCUT2D eigenvalue weighted by Crippen LogP contribution is -2.21. The lowest BCUT2D eigenvalue weighted by Gasteiger charge is -2.16. The first kappa shape index (κ1) is 13.9. The molecule has 1 heterocycles. The third-order valence-corrected chi connectivity index (χ3v) is 3.67. The van der Waals surface area contributed by atoms with Gasteiger partial charge in [0, 0.05) is 15.6 Å². The van der Waals surface area contributed by atoms with Crippen LogP contribution in [-0.2, 0) is 9.53 Å². The van der Waals surface area contributed by atoms with Crippen LogP contribution in [0.25, 0.3) is 11.6 Å². The number of cyclic esters (lactones) is 2. The van der Waals surface area contributed by atoms with Crippen LogP contribution in [0.5, 0.6) is 0 Å². The first-order valence-corrected chi connectivity index (χ1v) is 6.84. The third-order valence-electron chi connectivity index (χ3n) is 3.10. The van der Waals surface area contributed by atoms with E-state index >= 15 is 0 Å². The molecule has 0 fully saturated rings. The van der Waals surface area contributed by atoms with E-state index in [0.717, 1.165) is 0 Å². The molecule has 0 bridgehead atoms. The zero-order chi connectivity index (χ0) is 15.0. The Balaban J connectivity index is 2.17. The molecule has 2 aromatic rings. The second kappa shape index (κ2) is 5.35. The molecule has 0 saturated heterocycles. The van der Waals surface area contributed by atoms with E-state index in [1.807, 2.05) is 0 Å². The molecule has 0 aliphatic carbocycles. The van der Waals surface area contributed by atoms with Gasteiger partial charge in [-0.1, -0.05) is 47.5 Å². The number of carbonyl (C=O) groups excluding carboxylic acids is 2. The molecule has 1 aliphatic heterocycles. The minimum atomic E-state index is -0.690. The van der Waals surface area contributed by atoms with Crippen molar-refractivity contribution in [2.75, 3.05) is 0 Å². The van der Waals surface area contributed by atoms with Gasteiger partial charge in [-0.05, 0) is 29.8 Å². The smallest absolute Gasteiger partial charge is 0.346 e. The summed E-state index contributed by atoms with van der Waals surface area (Å²) >= 11 is 12.0. The zero-order valence-electron chi connectivity index (χ0n) is 10.6. The highest BCUT2D eigenvalue weighted by molar-refractivity contribution is 6.36. The number of hydrogen-bond donors (Lipinski definition) is 0. The Kier molecular flexibility index (Phi) is 3.53. The van der Waals surface area contributed by atoms with Crippen molar-refractivity contribution in [1.82, 2.24) is 0 Å². The summed E-state index contributed by atoms with van der Waals surface area (Å²) in [4.78, 5) is 23.7. The molecule has 0 aromatic heterocycles. The van der Waals surface area contributed by atoms with Crippen LogP contribution in [0.15, 0.2) is 42.5 Å². The van der Waals surface area contributed by atoms with Crippen LogP contribution in [-0.4, -0.2) is 11.9 Å². The number of ether oxygens (including phenoxy) is 1. The molecule has 0 saturated carbocycles. The van der Waals surface area contributed by atoms with Gasteiger partial charge in [0.05, 0.1) is 11.1 Å². The molecule has 0 radical (unpaired) electrons. The molecule has 0 spiro atoms. The first-order valence-electron chi connectivity index (χ1n) is 6.09. The van der Waals surface area contributed by atoms with E-state index in [0.29, 0.717) is 26.7 Å². The number of esters is 2. The van der Waals surface area contributed by atoms with Gasteiger partial charge in [0.1, 0.15) is 0 Å². The molecule has 3 rings (SSSR count). The van der Waals surface area contributed by atoms with Crippen LogP contribution in [0.1, 0.15) is 21.5 Å². The minimum Gasteiger partial charge on any atom is -0.386 e. The van der Waals surface area contributed by atoms with Crippen LogP contribution in [0.3, 0.4) is 0 Å². The maximum Gasteiger partial charge on any atom is 0.346 e. The first-order chi connectivity index (χ1) is 10.1. The molecule has 0 amide bonds. The van der Waals surface area contributed by atoms with Gasteiger partial charge in [-0.25, -0.2) is 9.59 Å². The van der Waals surface area contributed by atoms with Crippen molar-refractivity contribution >= 4 is 46.8 Å². The number of benzene rings is 2. The van der Waals surface area contributed by atoms with Crippen molar-refractivity contribution in [3.05, 3.63) is 69.2 Å². The van der Waals surface area contributed by atoms with Crippen LogP contribution < -0.4 is 0 Å². The van der Waals surface area contributed by atoms with Gasteiger partial charge < -0.3 is 4.74 Å². The van der Waals surface area contributed by atoms with E-state index in [1.54, 1.807) is 48.5 Å². The van der Waals surface area contributed by atoms with Crippen molar-refractivity contribution in [2.45, 2.75) is 0 Å². The number of carbonyl (C=O) groups is 2. The van der Waals surface area contributed by atoms with Gasteiger partial charge in [-0.2, -0.15) is 0 Å². The molecule has 21 heavy (non-hydrogen) atoms. The lowest BCUT2D eigenvalue weighted by atomic mass is 9.96. The molecule has 5 heteroatoms. The summed E-state index contributed by atoms with van der Waals surface area (Å²) in [6.45, 7) is 0. The molecular weight excluding hydrogens is 311 g/mol. The van der Waals surface area contributed by atoms with Crippen LogP contribution in [0, 0.1) is 0 Å². The summed E-state index contributed by atoms with van der Waals surface area (Å²) in [6, 6.07) is 11.7. The Morgan fingerprint density at radius 1 is 0.905 bits per heavy atom. The van der Waals surface area contributed by atoms with Crippen LogP contribution in [0.2, 0.25) is 10.0 Å². The summed E-state index contributed by atoms with van der Waals surface area (Å²) in [6.07, 6.45) is 1.59. The largest absolute Gasteiger partial charge is 0.386 e. The van der Waals surface area contributed by atoms with Gasteiger partial charge in [-0.15, -0.1) is 0 Å². The summed E-state index contributed by atoms with van der Waals surface area (Å²) in [5, 5.41) is 0.918. The Morgan fingerprint density at radius 2 is 1.62 bits per heavy atom. The Morgan fingerprint density at radius 3 is 2.33 bits per heavy atom. The Hall–Kier alpha value is -2.10. The fourth-order valence-electron chi connectivity index (χ4n) is 2.11. The highest BCUT2D eigenvalue weighted by Gasteiger charge is 2.29. The number of hydrogen-bond acceptors (Lipinski definition) is 3. The fourth-order valence-corrected chi connectivity index (χ4v) is 2.57. The van der Waals surface area contributed by atoms with Crippen molar-refractivity contribution in [3.8, 4) is 0 Å². The number of rotatable bonds is 1. The molecular formula is C16H8Cl2O3. The van der Waals surface area contributed by atoms with Gasteiger partial charge in [-0.3, -0.25) is 0 Å². The third kappa shape index (κ3) is 2.58. The topological polar surface area (TPSA) is 43.4 Å². The Labute approximate surface area is 130 Å². The fraction of sp³-hybridized carbons (Fsp3) is 0. The van der Waals surface area contributed by atoms with Gasteiger partial charge in [0.15, 0.2) is 0 Å². The van der Waals surface area contributed by atoms with Crippen molar-refractivity contribution in [2.24, 2.45) is 0 Å². The molecule has 0 N–H and O–H groups in total.